The molecule has 9 unspecified atom stereocenters. The third-order valence-electron chi connectivity index (χ3n) is 5.34. The number of hydrogen-bond donors (Lipinski definition) is 1. The third-order valence-corrected chi connectivity index (χ3v) is 6.31. The number of rotatable bonds is 8. The summed E-state index contributed by atoms with van der Waals surface area (Å²) in [6, 6.07) is 0. The maximum atomic E-state index is 10.9. The maximum Gasteiger partial charge on any atom is 0.318 e. The summed E-state index contributed by atoms with van der Waals surface area (Å²) in [6.45, 7) is 4.04. The second kappa shape index (κ2) is 10.7. The van der Waals surface area contributed by atoms with E-state index in [1.54, 1.807) is 0 Å². The number of aliphatic hydroxyl groups excluding tert-OH is 1. The lowest BCUT2D eigenvalue weighted by atomic mass is 9.78. The van der Waals surface area contributed by atoms with Crippen LogP contribution >= 0.6 is 26.5 Å². The van der Waals surface area contributed by atoms with Gasteiger partial charge in [-0.2, -0.15) is 0 Å². The number of hydrogen-bond acceptors (Lipinski definition) is 5. The molecule has 5 radical (unpaired) electrons. The Bertz CT molecular complexity index is 406. The van der Waals surface area contributed by atoms with Crippen molar-refractivity contribution in [2.45, 2.75) is 82.1 Å². The Labute approximate surface area is 160 Å². The molecule has 0 spiro atoms. The third kappa shape index (κ3) is 5.64. The summed E-state index contributed by atoms with van der Waals surface area (Å²) < 4.78 is 23.7. The average molecular weight is 401 g/mol. The monoisotopic (exact) mass is 401 g/mol. The van der Waals surface area contributed by atoms with E-state index in [-0.39, 0.29) is 28.9 Å². The van der Waals surface area contributed by atoms with Crippen LogP contribution in [0.5, 0.6) is 0 Å². The summed E-state index contributed by atoms with van der Waals surface area (Å²) >= 11 is 0. The summed E-state index contributed by atoms with van der Waals surface area (Å²) in [5.41, 5.74) is -0.259. The molecule has 0 heterocycles. The van der Waals surface area contributed by atoms with Crippen LogP contribution in [0.15, 0.2) is 0 Å². The van der Waals surface area contributed by atoms with Gasteiger partial charge in [0, 0.05) is 5.92 Å². The summed E-state index contributed by atoms with van der Waals surface area (Å²) in [5.74, 6) is -0.209. The Morgan fingerprint density at radius 1 is 1.04 bits per heavy atom. The number of ether oxygens (including phenoxy) is 1. The van der Waals surface area contributed by atoms with Crippen molar-refractivity contribution in [3.8, 4) is 0 Å². The van der Waals surface area contributed by atoms with E-state index in [9.17, 15) is 5.11 Å². The molecular formula is C14H27B3O5P3. The molecule has 0 bridgehead atoms. The molecule has 0 aliphatic heterocycles. The topological polar surface area (TPSA) is 57.2 Å². The van der Waals surface area contributed by atoms with Crippen LogP contribution in [0, 0.1) is 5.92 Å². The molecule has 2 aliphatic carbocycles. The minimum absolute atomic E-state index is 0.203. The molecule has 2 rings (SSSR count). The highest BCUT2D eigenvalue weighted by Crippen LogP contribution is 2.41. The Balaban J connectivity index is 2.24. The van der Waals surface area contributed by atoms with Crippen LogP contribution in [-0.2, 0) is 18.4 Å². The molecule has 0 aromatic heterocycles. The predicted molar refractivity (Wildman–Crippen MR) is 110 cm³/mol. The van der Waals surface area contributed by atoms with E-state index in [2.05, 4.69) is 16.0 Å². The SMILES string of the molecule is [B]POC1C(C)C(O)C(OC2(C)CCCCC2)C(O[B]P)C1OP[B]. The molecule has 11 heteroatoms. The Morgan fingerprint density at radius 3 is 2.20 bits per heavy atom. The van der Waals surface area contributed by atoms with Gasteiger partial charge in [0.25, 0.3) is 0 Å². The Kier molecular flexibility index (Phi) is 9.69. The maximum absolute atomic E-state index is 10.9. The van der Waals surface area contributed by atoms with Crippen LogP contribution in [0.25, 0.3) is 0 Å². The fraction of sp³-hybridized carbons (Fsp3) is 1.00. The van der Waals surface area contributed by atoms with E-state index in [0.29, 0.717) is 0 Å². The van der Waals surface area contributed by atoms with Crippen LogP contribution < -0.4 is 0 Å². The lowest BCUT2D eigenvalue weighted by Gasteiger charge is -2.50. The van der Waals surface area contributed by atoms with Crippen LogP contribution in [0.2, 0.25) is 0 Å². The van der Waals surface area contributed by atoms with Crippen molar-refractivity contribution in [2.75, 3.05) is 0 Å². The van der Waals surface area contributed by atoms with E-state index in [4.69, 9.17) is 33.6 Å². The van der Waals surface area contributed by atoms with Gasteiger partial charge < -0.3 is 23.5 Å². The van der Waals surface area contributed by atoms with Crippen molar-refractivity contribution in [2.24, 2.45) is 5.92 Å². The van der Waals surface area contributed by atoms with E-state index < -0.39 is 30.5 Å². The molecule has 9 atom stereocenters. The summed E-state index contributed by atoms with van der Waals surface area (Å²) in [4.78, 5) is 0. The average Bonchev–Trinajstić information content (AvgIpc) is 2.59. The highest BCUT2D eigenvalue weighted by atomic mass is 31.1. The van der Waals surface area contributed by atoms with Gasteiger partial charge in [-0.1, -0.05) is 26.2 Å². The molecule has 5 nitrogen and oxygen atoms in total. The highest BCUT2D eigenvalue weighted by Gasteiger charge is 2.52. The fourth-order valence-corrected chi connectivity index (χ4v) is 5.07. The van der Waals surface area contributed by atoms with Gasteiger partial charge in [-0.3, -0.25) is 0 Å². The standard InChI is InChI=1S/C14H27B3O5P3/c1-8-9(18)11(19-14(2)6-4-3-5-7-14)12(20-17-23)13(22-25-16)10(8)21-24-15/h8-13,18,24-25H,3-7,23H2,1-2H3. The smallest absolute Gasteiger partial charge is 0.318 e. The number of aliphatic hydroxyl groups is 1. The van der Waals surface area contributed by atoms with Gasteiger partial charge in [0.2, 0.25) is 0 Å². The highest BCUT2D eigenvalue weighted by molar-refractivity contribution is 7.62. The van der Waals surface area contributed by atoms with Gasteiger partial charge in [0.1, 0.15) is 27.3 Å². The molecule has 0 amide bonds. The van der Waals surface area contributed by atoms with Crippen LogP contribution in [0.3, 0.4) is 0 Å². The minimum Gasteiger partial charge on any atom is -0.427 e. The molecule has 0 saturated heterocycles. The molecular weight excluding hydrogens is 374 g/mol. The zero-order valence-electron chi connectivity index (χ0n) is 14.9. The Hall–Kier alpha value is 1.28. The van der Waals surface area contributed by atoms with Gasteiger partial charge in [0.05, 0.1) is 23.9 Å². The molecule has 25 heavy (non-hydrogen) atoms. The van der Waals surface area contributed by atoms with E-state index in [1.807, 2.05) is 6.92 Å². The Morgan fingerprint density at radius 2 is 1.64 bits per heavy atom. The van der Waals surface area contributed by atoms with Gasteiger partial charge in [-0.05, 0) is 37.1 Å². The van der Waals surface area contributed by atoms with Crippen LogP contribution in [-0.4, -0.2) is 63.6 Å². The fourth-order valence-electron chi connectivity index (χ4n) is 3.96. The lowest BCUT2D eigenvalue weighted by molar-refractivity contribution is -0.231. The zero-order valence-corrected chi connectivity index (χ0v) is 18.0. The molecule has 0 aromatic carbocycles. The largest absolute Gasteiger partial charge is 0.427 e. The van der Waals surface area contributed by atoms with Gasteiger partial charge in [0.15, 0.2) is 0 Å². The molecule has 2 aliphatic rings. The lowest BCUT2D eigenvalue weighted by Crippen LogP contribution is -2.64. The summed E-state index contributed by atoms with van der Waals surface area (Å²) in [6.07, 6.45) is 2.85. The van der Waals surface area contributed by atoms with Crippen molar-refractivity contribution in [1.82, 2.24) is 0 Å². The van der Waals surface area contributed by atoms with E-state index >= 15 is 0 Å². The van der Waals surface area contributed by atoms with Crippen LogP contribution in [0.1, 0.15) is 46.0 Å². The normalized spacial score (nSPS) is 39.4. The summed E-state index contributed by atoms with van der Waals surface area (Å²) in [5, 5.41) is 10.9. The predicted octanol–water partition coefficient (Wildman–Crippen LogP) is 2.02. The second-order valence-corrected chi connectivity index (χ2v) is 8.30. The van der Waals surface area contributed by atoms with Gasteiger partial charge >= 0.3 is 7.20 Å². The van der Waals surface area contributed by atoms with Crippen molar-refractivity contribution >= 4 is 48.8 Å². The van der Waals surface area contributed by atoms with E-state index in [0.717, 1.165) is 25.7 Å². The van der Waals surface area contributed by atoms with Crippen LogP contribution in [0.4, 0.5) is 0 Å². The zero-order chi connectivity index (χ0) is 18.4. The first-order valence-corrected chi connectivity index (χ1v) is 11.4. The first-order valence-electron chi connectivity index (χ1n) is 8.74. The molecule has 2 saturated carbocycles. The first kappa shape index (κ1) is 22.6. The first-order chi connectivity index (χ1) is 12.0. The molecule has 137 valence electrons. The quantitative estimate of drug-likeness (QED) is 0.499. The molecule has 2 fully saturated rings. The summed E-state index contributed by atoms with van der Waals surface area (Å²) in [7, 11) is 14.8. The van der Waals surface area contributed by atoms with Gasteiger partial charge in [-0.25, -0.2) is 0 Å². The van der Waals surface area contributed by atoms with Gasteiger partial charge in [-0.15, -0.1) is 9.12 Å². The molecule has 0 aromatic rings. The molecule has 1 N–H and O–H groups in total. The second-order valence-electron chi connectivity index (χ2n) is 7.08. The van der Waals surface area contributed by atoms with E-state index in [1.165, 1.54) is 13.6 Å². The van der Waals surface area contributed by atoms with Crippen molar-refractivity contribution in [3.05, 3.63) is 0 Å². The van der Waals surface area contributed by atoms with Crippen molar-refractivity contribution in [1.29, 1.82) is 0 Å². The minimum atomic E-state index is -0.740. The van der Waals surface area contributed by atoms with Crippen molar-refractivity contribution < 1.29 is 23.5 Å². The van der Waals surface area contributed by atoms with Crippen molar-refractivity contribution in [3.63, 3.8) is 0 Å².